The second-order valence-electron chi connectivity index (χ2n) is 17.7. The van der Waals surface area contributed by atoms with Crippen LogP contribution in [-0.4, -0.2) is 19.1 Å². The second-order valence-corrected chi connectivity index (χ2v) is 17.7. The Morgan fingerprint density at radius 3 is 1.87 bits per heavy atom. The highest BCUT2D eigenvalue weighted by atomic mass is 16.3. The maximum absolute atomic E-state index is 6.23. The van der Waals surface area contributed by atoms with Gasteiger partial charge in [-0.2, -0.15) is 0 Å². The van der Waals surface area contributed by atoms with E-state index in [0.29, 0.717) is 0 Å². The summed E-state index contributed by atoms with van der Waals surface area (Å²) in [5, 5.41) is 14.3. The fraction of sp³-hybridized carbons (Fsp3) is 0. The van der Waals surface area contributed by atoms with E-state index >= 15 is 0 Å². The number of fused-ring (bicyclic) bond motifs is 14. The molecule has 310 valence electrons. The fourth-order valence-electron chi connectivity index (χ4n) is 11.1. The summed E-state index contributed by atoms with van der Waals surface area (Å²) in [5.74, 6) is 0. The summed E-state index contributed by atoms with van der Waals surface area (Å²) in [5.41, 5.74) is 14.1. The Bertz CT molecular complexity index is 4590. The van der Waals surface area contributed by atoms with E-state index in [2.05, 4.69) is 191 Å². The van der Waals surface area contributed by atoms with Gasteiger partial charge in [-0.1, -0.05) is 133 Å². The van der Waals surface area contributed by atoms with Crippen LogP contribution < -0.4 is 0 Å². The number of aromatic nitrogens is 4. The summed E-state index contributed by atoms with van der Waals surface area (Å²) < 4.78 is 11.1. The molecule has 5 nitrogen and oxygen atoms in total. The van der Waals surface area contributed by atoms with Crippen molar-refractivity contribution in [2.75, 3.05) is 0 Å². The summed E-state index contributed by atoms with van der Waals surface area (Å²) in [7, 11) is 0. The Hall–Kier alpha value is -9.06. The standard InChI is InChI=1S/C62H36N4O/c1-2-16-43-37(13-1)27-31-56-60(43)47-19-4-9-24-54(47)66(56)55-25-12-15-39-34-49-44-17-3-8-23-53(44)65(57(49)36-48(39)55)41-29-30-42-38(33-41)14-11-20-46(42)62-61(63-51-21-6-7-22-52(51)64-62)40-28-32-59-50(35-40)45-18-5-10-26-58(45)67-59/h1-36H. The smallest absolute Gasteiger partial charge is 0.135 e. The Labute approximate surface area is 383 Å². The van der Waals surface area contributed by atoms with E-state index < -0.39 is 0 Å². The predicted octanol–water partition coefficient (Wildman–Crippen LogP) is 16.5. The van der Waals surface area contributed by atoms with Gasteiger partial charge in [0.25, 0.3) is 0 Å². The van der Waals surface area contributed by atoms with Crippen LogP contribution in [0.3, 0.4) is 0 Å². The van der Waals surface area contributed by atoms with E-state index in [1.807, 2.05) is 36.4 Å². The highest BCUT2D eigenvalue weighted by Gasteiger charge is 2.21. The Kier molecular flexibility index (Phi) is 7.44. The Morgan fingerprint density at radius 1 is 0.328 bits per heavy atom. The van der Waals surface area contributed by atoms with Gasteiger partial charge in [-0.3, -0.25) is 0 Å². The van der Waals surface area contributed by atoms with Gasteiger partial charge in [-0.15, -0.1) is 0 Å². The van der Waals surface area contributed by atoms with Gasteiger partial charge < -0.3 is 13.6 Å². The Morgan fingerprint density at radius 2 is 1.00 bits per heavy atom. The molecule has 0 spiro atoms. The molecule has 0 N–H and O–H groups in total. The van der Waals surface area contributed by atoms with Crippen LogP contribution in [0.1, 0.15) is 0 Å². The van der Waals surface area contributed by atoms with Crippen molar-refractivity contribution in [1.82, 2.24) is 19.1 Å². The number of nitrogens with zero attached hydrogens (tertiary/aromatic N) is 4. The lowest BCUT2D eigenvalue weighted by atomic mass is 9.97. The molecule has 0 unspecified atom stereocenters. The zero-order valence-corrected chi connectivity index (χ0v) is 36.0. The van der Waals surface area contributed by atoms with Gasteiger partial charge in [0.1, 0.15) is 11.2 Å². The molecule has 5 heteroatoms. The summed E-state index contributed by atoms with van der Waals surface area (Å²) >= 11 is 0. The Balaban J connectivity index is 0.942. The molecule has 0 bridgehead atoms. The van der Waals surface area contributed by atoms with Gasteiger partial charge >= 0.3 is 0 Å². The number of para-hydroxylation sites is 5. The van der Waals surface area contributed by atoms with Gasteiger partial charge in [0.15, 0.2) is 0 Å². The van der Waals surface area contributed by atoms with E-state index in [1.54, 1.807) is 0 Å². The molecule has 15 aromatic rings. The lowest BCUT2D eigenvalue weighted by Gasteiger charge is -2.15. The van der Waals surface area contributed by atoms with Crippen molar-refractivity contribution in [3.05, 3.63) is 218 Å². The molecule has 0 saturated carbocycles. The lowest BCUT2D eigenvalue weighted by molar-refractivity contribution is 0.669. The van der Waals surface area contributed by atoms with Crippen LogP contribution >= 0.6 is 0 Å². The summed E-state index contributed by atoms with van der Waals surface area (Å²) in [4.78, 5) is 10.7. The van der Waals surface area contributed by atoms with Gasteiger partial charge in [0.05, 0.1) is 50.2 Å². The van der Waals surface area contributed by atoms with E-state index in [4.69, 9.17) is 14.4 Å². The second kappa shape index (κ2) is 13.7. The molecule has 11 aromatic carbocycles. The molecule has 4 aromatic heterocycles. The first-order chi connectivity index (χ1) is 33.2. The quantitative estimate of drug-likeness (QED) is 0.177. The molecule has 0 aliphatic rings. The van der Waals surface area contributed by atoms with Crippen LogP contribution in [-0.2, 0) is 0 Å². The molecule has 4 heterocycles. The van der Waals surface area contributed by atoms with Crippen LogP contribution in [0.25, 0.3) is 143 Å². The van der Waals surface area contributed by atoms with Gasteiger partial charge in [-0.25, -0.2) is 9.97 Å². The lowest BCUT2D eigenvalue weighted by Crippen LogP contribution is -1.98. The van der Waals surface area contributed by atoms with Crippen molar-refractivity contribution in [2.45, 2.75) is 0 Å². The summed E-state index contributed by atoms with van der Waals surface area (Å²) in [6.07, 6.45) is 0. The molecule has 0 amide bonds. The van der Waals surface area contributed by atoms with Crippen molar-refractivity contribution in [3.63, 3.8) is 0 Å². The van der Waals surface area contributed by atoms with Crippen molar-refractivity contribution >= 4 is 109 Å². The molecule has 0 radical (unpaired) electrons. The zero-order chi connectivity index (χ0) is 43.7. The molecular formula is C62H36N4O. The van der Waals surface area contributed by atoms with Crippen molar-refractivity contribution in [2.24, 2.45) is 0 Å². The van der Waals surface area contributed by atoms with Gasteiger partial charge in [-0.05, 0) is 112 Å². The van der Waals surface area contributed by atoms with Crippen LogP contribution in [0.2, 0.25) is 0 Å². The number of furan rings is 1. The molecule has 67 heavy (non-hydrogen) atoms. The number of hydrogen-bond acceptors (Lipinski definition) is 3. The van der Waals surface area contributed by atoms with Crippen molar-refractivity contribution in [1.29, 1.82) is 0 Å². The highest BCUT2D eigenvalue weighted by molar-refractivity contribution is 6.22. The average molecular weight is 853 g/mol. The topological polar surface area (TPSA) is 48.8 Å². The van der Waals surface area contributed by atoms with Crippen LogP contribution in [0, 0.1) is 0 Å². The normalized spacial score (nSPS) is 12.2. The third-order valence-electron chi connectivity index (χ3n) is 14.1. The first kappa shape index (κ1) is 36.3. The van der Waals surface area contributed by atoms with Gasteiger partial charge in [0, 0.05) is 54.5 Å². The molecule has 15 rings (SSSR count). The first-order valence-electron chi connectivity index (χ1n) is 22.8. The van der Waals surface area contributed by atoms with Gasteiger partial charge in [0.2, 0.25) is 0 Å². The SMILES string of the molecule is c1cc(-c2nc3ccccc3nc2-c2ccc3oc4ccccc4c3c2)c2ccc(-n3c4ccccc4c4cc5cccc(-n6c7ccccc7c7c8ccccc8ccc76)c5cc43)cc2c1. The molecule has 0 aliphatic carbocycles. The summed E-state index contributed by atoms with van der Waals surface area (Å²) in [6.45, 7) is 0. The number of hydrogen-bond donors (Lipinski definition) is 0. The number of benzene rings is 11. The van der Waals surface area contributed by atoms with E-state index in [0.717, 1.165) is 88.7 Å². The molecule has 0 aliphatic heterocycles. The van der Waals surface area contributed by atoms with Crippen LogP contribution in [0.15, 0.2) is 223 Å². The van der Waals surface area contributed by atoms with Crippen molar-refractivity contribution in [3.8, 4) is 33.9 Å². The molecule has 0 atom stereocenters. The highest BCUT2D eigenvalue weighted by Crippen LogP contribution is 2.43. The van der Waals surface area contributed by atoms with E-state index in [1.165, 1.54) is 54.1 Å². The first-order valence-corrected chi connectivity index (χ1v) is 22.8. The molecular weight excluding hydrogens is 817 g/mol. The fourth-order valence-corrected chi connectivity index (χ4v) is 11.1. The largest absolute Gasteiger partial charge is 0.456 e. The minimum Gasteiger partial charge on any atom is -0.456 e. The minimum absolute atomic E-state index is 0.837. The molecule has 0 saturated heterocycles. The zero-order valence-electron chi connectivity index (χ0n) is 36.0. The number of rotatable bonds is 4. The third kappa shape index (κ3) is 5.25. The predicted molar refractivity (Wildman–Crippen MR) is 279 cm³/mol. The minimum atomic E-state index is 0.837. The van der Waals surface area contributed by atoms with Crippen molar-refractivity contribution < 1.29 is 4.42 Å². The van der Waals surface area contributed by atoms with Crippen LogP contribution in [0.5, 0.6) is 0 Å². The molecule has 0 fully saturated rings. The maximum Gasteiger partial charge on any atom is 0.135 e. The summed E-state index contributed by atoms with van der Waals surface area (Å²) in [6, 6.07) is 78.6. The maximum atomic E-state index is 6.23. The van der Waals surface area contributed by atoms with Crippen LogP contribution in [0.4, 0.5) is 0 Å². The third-order valence-corrected chi connectivity index (χ3v) is 14.1. The average Bonchev–Trinajstić information content (AvgIpc) is 4.04. The monoisotopic (exact) mass is 852 g/mol. The van der Waals surface area contributed by atoms with E-state index in [9.17, 15) is 0 Å². The van der Waals surface area contributed by atoms with E-state index in [-0.39, 0.29) is 0 Å².